The Labute approximate surface area is 155 Å². The van der Waals surface area contributed by atoms with Gasteiger partial charge in [-0.05, 0) is 36.5 Å². The molecule has 146 valence electrons. The molecule has 1 aromatic carbocycles. The first kappa shape index (κ1) is 20.6. The molecular formula is C20H31FN2O3. The van der Waals surface area contributed by atoms with Crippen LogP contribution in [0.4, 0.5) is 4.39 Å². The largest absolute Gasteiger partial charge is 0.494 e. The summed E-state index contributed by atoms with van der Waals surface area (Å²) in [6.07, 6.45) is 1.91. The molecular weight excluding hydrogens is 335 g/mol. The minimum atomic E-state index is -0.394. The van der Waals surface area contributed by atoms with E-state index in [4.69, 9.17) is 9.47 Å². The fraction of sp³-hybridized carbons (Fsp3) is 0.650. The van der Waals surface area contributed by atoms with Crippen LogP contribution in [0.1, 0.15) is 32.3 Å². The monoisotopic (exact) mass is 366 g/mol. The molecule has 5 nitrogen and oxygen atoms in total. The van der Waals surface area contributed by atoms with E-state index in [2.05, 4.69) is 24.1 Å². The van der Waals surface area contributed by atoms with Crippen molar-refractivity contribution in [3.05, 3.63) is 29.6 Å². The minimum absolute atomic E-state index is 0.00300. The third-order valence-electron chi connectivity index (χ3n) is 4.70. The molecule has 1 fully saturated rings. The van der Waals surface area contributed by atoms with E-state index in [1.165, 1.54) is 13.2 Å². The first-order valence-corrected chi connectivity index (χ1v) is 9.40. The van der Waals surface area contributed by atoms with Gasteiger partial charge in [-0.3, -0.25) is 9.69 Å². The van der Waals surface area contributed by atoms with Crippen molar-refractivity contribution in [2.75, 3.05) is 40.0 Å². The fourth-order valence-corrected chi connectivity index (χ4v) is 3.29. The number of nitrogens with one attached hydrogen (secondary N) is 1. The summed E-state index contributed by atoms with van der Waals surface area (Å²) in [4.78, 5) is 14.6. The molecule has 1 N–H and O–H groups in total. The second-order valence-electron chi connectivity index (χ2n) is 7.20. The van der Waals surface area contributed by atoms with E-state index in [9.17, 15) is 9.18 Å². The average molecular weight is 366 g/mol. The number of hydrogen-bond acceptors (Lipinski definition) is 4. The highest BCUT2D eigenvalue weighted by atomic mass is 19.1. The molecule has 1 aliphatic rings. The van der Waals surface area contributed by atoms with Gasteiger partial charge in [0.05, 0.1) is 20.3 Å². The lowest BCUT2D eigenvalue weighted by Crippen LogP contribution is -2.49. The third kappa shape index (κ3) is 6.57. The summed E-state index contributed by atoms with van der Waals surface area (Å²) in [6.45, 7) is 8.39. The Morgan fingerprint density at radius 2 is 2.08 bits per heavy atom. The first-order chi connectivity index (χ1) is 12.5. The van der Waals surface area contributed by atoms with Crippen molar-refractivity contribution in [1.29, 1.82) is 0 Å². The lowest BCUT2D eigenvalue weighted by molar-refractivity contribution is -0.121. The summed E-state index contributed by atoms with van der Waals surface area (Å²) < 4.78 is 24.1. The Kier molecular flexibility index (Phi) is 8.32. The molecule has 0 spiro atoms. The van der Waals surface area contributed by atoms with E-state index in [1.54, 1.807) is 12.1 Å². The third-order valence-corrected chi connectivity index (χ3v) is 4.70. The topological polar surface area (TPSA) is 50.8 Å². The summed E-state index contributed by atoms with van der Waals surface area (Å²) in [5.41, 5.74) is 0.797. The second kappa shape index (κ2) is 10.5. The van der Waals surface area contributed by atoms with Gasteiger partial charge in [0.1, 0.15) is 0 Å². The number of rotatable bonds is 9. The van der Waals surface area contributed by atoms with Crippen molar-refractivity contribution >= 4 is 5.91 Å². The molecule has 1 amide bonds. The molecule has 26 heavy (non-hydrogen) atoms. The molecule has 1 atom stereocenters. The summed E-state index contributed by atoms with van der Waals surface area (Å²) in [5.74, 6) is 0.403. The minimum Gasteiger partial charge on any atom is -0.494 e. The number of morpholine rings is 1. The van der Waals surface area contributed by atoms with E-state index < -0.39 is 5.82 Å². The van der Waals surface area contributed by atoms with E-state index in [1.807, 2.05) is 0 Å². The number of nitrogens with zero attached hydrogens (tertiary/aromatic N) is 1. The van der Waals surface area contributed by atoms with E-state index in [0.29, 0.717) is 31.3 Å². The van der Waals surface area contributed by atoms with Crippen molar-refractivity contribution in [1.82, 2.24) is 10.2 Å². The lowest BCUT2D eigenvalue weighted by atomic mass is 10.0. The number of methoxy groups -OCH3 is 1. The summed E-state index contributed by atoms with van der Waals surface area (Å²) >= 11 is 0. The maximum absolute atomic E-state index is 13.7. The zero-order valence-corrected chi connectivity index (χ0v) is 16.1. The van der Waals surface area contributed by atoms with Gasteiger partial charge in [-0.2, -0.15) is 0 Å². The van der Waals surface area contributed by atoms with Gasteiger partial charge in [-0.1, -0.05) is 19.9 Å². The van der Waals surface area contributed by atoms with Crippen LogP contribution in [0.5, 0.6) is 5.75 Å². The van der Waals surface area contributed by atoms with Crippen LogP contribution in [-0.2, 0) is 16.0 Å². The van der Waals surface area contributed by atoms with Crippen LogP contribution in [0.15, 0.2) is 18.2 Å². The van der Waals surface area contributed by atoms with Crippen LogP contribution in [0, 0.1) is 11.7 Å². The van der Waals surface area contributed by atoms with Crippen LogP contribution in [0.3, 0.4) is 0 Å². The van der Waals surface area contributed by atoms with Crippen LogP contribution in [-0.4, -0.2) is 56.8 Å². The van der Waals surface area contributed by atoms with Crippen LogP contribution >= 0.6 is 0 Å². The molecule has 6 heteroatoms. The Bertz CT molecular complexity index is 574. The molecule has 0 bridgehead atoms. The molecule has 2 rings (SSSR count). The number of amides is 1. The van der Waals surface area contributed by atoms with Crippen molar-refractivity contribution < 1.29 is 18.7 Å². The summed E-state index contributed by atoms with van der Waals surface area (Å²) in [5, 5.41) is 3.05. The van der Waals surface area contributed by atoms with Crippen LogP contribution in [0.2, 0.25) is 0 Å². The molecule has 0 aliphatic carbocycles. The smallest absolute Gasteiger partial charge is 0.220 e. The number of ether oxygens (including phenoxy) is 2. The number of carbonyl (C=O) groups excluding carboxylic acids is 1. The van der Waals surface area contributed by atoms with E-state index >= 15 is 0 Å². The number of carbonyl (C=O) groups is 1. The quantitative estimate of drug-likeness (QED) is 0.730. The zero-order valence-electron chi connectivity index (χ0n) is 16.1. The number of hydrogen-bond donors (Lipinski definition) is 1. The molecule has 1 aliphatic heterocycles. The predicted molar refractivity (Wildman–Crippen MR) is 99.9 cm³/mol. The average Bonchev–Trinajstić information content (AvgIpc) is 2.64. The molecule has 0 aromatic heterocycles. The Morgan fingerprint density at radius 1 is 1.35 bits per heavy atom. The molecule has 0 saturated carbocycles. The van der Waals surface area contributed by atoms with Crippen LogP contribution < -0.4 is 10.1 Å². The highest BCUT2D eigenvalue weighted by molar-refractivity contribution is 5.76. The molecule has 1 heterocycles. The van der Waals surface area contributed by atoms with E-state index in [-0.39, 0.29) is 11.7 Å². The van der Waals surface area contributed by atoms with Crippen LogP contribution in [0.25, 0.3) is 0 Å². The lowest BCUT2D eigenvalue weighted by Gasteiger charge is -2.35. The predicted octanol–water partition coefficient (Wildman–Crippen LogP) is 2.63. The molecule has 0 radical (unpaired) electrons. The molecule has 1 aromatic rings. The van der Waals surface area contributed by atoms with Gasteiger partial charge in [0.2, 0.25) is 5.91 Å². The molecule has 1 saturated heterocycles. The van der Waals surface area contributed by atoms with E-state index in [0.717, 1.165) is 38.3 Å². The second-order valence-corrected chi connectivity index (χ2v) is 7.20. The fourth-order valence-electron chi connectivity index (χ4n) is 3.29. The number of benzene rings is 1. The van der Waals surface area contributed by atoms with Crippen molar-refractivity contribution in [2.45, 2.75) is 39.2 Å². The van der Waals surface area contributed by atoms with Crippen molar-refractivity contribution in [3.63, 3.8) is 0 Å². The van der Waals surface area contributed by atoms with Gasteiger partial charge in [-0.15, -0.1) is 0 Å². The molecule has 1 unspecified atom stereocenters. The standard InChI is InChI=1S/C20H31FN2O3/c1-15(2)12-17(23-8-10-26-11-9-23)14-22-20(24)7-5-16-4-6-19(25-3)18(21)13-16/h4,6,13,15,17H,5,7-12,14H2,1-3H3,(H,22,24). The van der Waals surface area contributed by atoms with Gasteiger partial charge in [0.25, 0.3) is 0 Å². The zero-order chi connectivity index (χ0) is 18.9. The summed E-state index contributed by atoms with van der Waals surface area (Å²) in [7, 11) is 1.44. The van der Waals surface area contributed by atoms with Gasteiger partial charge >= 0.3 is 0 Å². The van der Waals surface area contributed by atoms with Gasteiger partial charge in [-0.25, -0.2) is 4.39 Å². The summed E-state index contributed by atoms with van der Waals surface area (Å²) in [6, 6.07) is 5.16. The maximum Gasteiger partial charge on any atom is 0.220 e. The number of aryl methyl sites for hydroxylation is 1. The highest BCUT2D eigenvalue weighted by Crippen LogP contribution is 2.18. The normalized spacial score (nSPS) is 16.5. The van der Waals surface area contributed by atoms with Crippen molar-refractivity contribution in [3.8, 4) is 5.75 Å². The first-order valence-electron chi connectivity index (χ1n) is 9.40. The highest BCUT2D eigenvalue weighted by Gasteiger charge is 2.22. The number of halogens is 1. The Morgan fingerprint density at radius 3 is 2.69 bits per heavy atom. The Hall–Kier alpha value is -1.66. The SMILES string of the molecule is COc1ccc(CCC(=O)NCC(CC(C)C)N2CCOCC2)cc1F. The van der Waals surface area contributed by atoms with Gasteiger partial charge in [0.15, 0.2) is 11.6 Å². The maximum atomic E-state index is 13.7. The van der Waals surface area contributed by atoms with Gasteiger partial charge < -0.3 is 14.8 Å². The van der Waals surface area contributed by atoms with Gasteiger partial charge in [0, 0.05) is 32.1 Å². The van der Waals surface area contributed by atoms with Crippen molar-refractivity contribution in [2.24, 2.45) is 5.92 Å². The Balaban J connectivity index is 1.80.